The number of nitrogens with one attached hydrogen (secondary N) is 3. The summed E-state index contributed by atoms with van der Waals surface area (Å²) in [6.45, 7) is 0. The Morgan fingerprint density at radius 3 is 2.37 bits per heavy atom. The van der Waals surface area contributed by atoms with Gasteiger partial charge in [-0.1, -0.05) is 0 Å². The molecule has 3 rings (SSSR count). The normalized spacial score (nSPS) is 11.1. The Labute approximate surface area is 149 Å². The van der Waals surface area contributed by atoms with Gasteiger partial charge in [-0.05, 0) is 48.5 Å². The summed E-state index contributed by atoms with van der Waals surface area (Å²) in [6, 6.07) is 11.7. The van der Waals surface area contributed by atoms with E-state index in [0.717, 1.165) is 12.1 Å². The fourth-order valence-electron chi connectivity index (χ4n) is 2.18. The van der Waals surface area contributed by atoms with Crippen molar-refractivity contribution in [3.63, 3.8) is 0 Å². The number of carbonyl (C=O) groups excluding carboxylic acids is 1. The van der Waals surface area contributed by atoms with E-state index in [1.54, 1.807) is 24.3 Å². The highest BCUT2D eigenvalue weighted by molar-refractivity contribution is 5.92. The maximum Gasteiger partial charge on any atom is 0.573 e. The minimum Gasteiger partial charge on any atom is -0.423 e. The average Bonchev–Trinajstić information content (AvgIpc) is 2.60. The zero-order valence-electron chi connectivity index (χ0n) is 13.5. The van der Waals surface area contributed by atoms with E-state index < -0.39 is 18.0 Å². The highest BCUT2D eigenvalue weighted by Gasteiger charge is 2.30. The summed E-state index contributed by atoms with van der Waals surface area (Å²) in [5.74, 6) is -0.375. The zero-order chi connectivity index (χ0) is 19.4. The summed E-state index contributed by atoms with van der Waals surface area (Å²) in [5.41, 5.74) is 5.58. The number of alkyl halides is 3. The van der Waals surface area contributed by atoms with Crippen LogP contribution in [-0.4, -0.2) is 12.4 Å². The zero-order valence-corrected chi connectivity index (χ0v) is 13.5. The van der Waals surface area contributed by atoms with Crippen LogP contribution in [0.5, 0.6) is 5.75 Å². The predicted octanol–water partition coefficient (Wildman–Crippen LogP) is 3.84. The third-order valence-corrected chi connectivity index (χ3v) is 3.29. The monoisotopic (exact) mass is 379 g/mol. The maximum atomic E-state index is 12.1. The third kappa shape index (κ3) is 5.14. The van der Waals surface area contributed by atoms with Crippen molar-refractivity contribution in [3.8, 4) is 5.75 Å². The molecule has 0 atom stereocenters. The number of fused-ring (bicyclic) bond motifs is 1. The van der Waals surface area contributed by atoms with Crippen LogP contribution in [0.15, 0.2) is 63.8 Å². The molecule has 0 saturated heterocycles. The maximum absolute atomic E-state index is 12.1. The van der Waals surface area contributed by atoms with Gasteiger partial charge in [-0.2, -0.15) is 0 Å². The quantitative estimate of drug-likeness (QED) is 0.473. The summed E-state index contributed by atoms with van der Waals surface area (Å²) in [4.78, 5) is 23.0. The second kappa shape index (κ2) is 7.28. The van der Waals surface area contributed by atoms with E-state index in [-0.39, 0.29) is 5.75 Å². The van der Waals surface area contributed by atoms with Gasteiger partial charge in [0.15, 0.2) is 0 Å². The van der Waals surface area contributed by atoms with Crippen LogP contribution in [0.3, 0.4) is 0 Å². The highest BCUT2D eigenvalue weighted by atomic mass is 19.4. The molecule has 27 heavy (non-hydrogen) atoms. The van der Waals surface area contributed by atoms with E-state index in [2.05, 4.69) is 20.9 Å². The first-order valence-corrected chi connectivity index (χ1v) is 7.51. The van der Waals surface area contributed by atoms with Gasteiger partial charge in [0, 0.05) is 17.1 Å². The van der Waals surface area contributed by atoms with Gasteiger partial charge in [-0.3, -0.25) is 10.9 Å². The minimum absolute atomic E-state index is 0.347. The van der Waals surface area contributed by atoms with E-state index >= 15 is 0 Å². The average molecular weight is 379 g/mol. The first-order valence-electron chi connectivity index (χ1n) is 7.51. The molecule has 1 aromatic heterocycles. The number of amides is 2. The molecule has 0 saturated carbocycles. The molecule has 0 aliphatic rings. The Morgan fingerprint density at radius 1 is 0.963 bits per heavy atom. The standard InChI is InChI=1S/C17H12F3N3O4/c18-17(19,20)27-13-5-2-11(3-6-13)22-23-16(25)21-12-4-7-14-10(9-12)1-8-15(24)26-14/h1-9,22H,(H2,21,23,25). The lowest BCUT2D eigenvalue weighted by Crippen LogP contribution is -2.33. The molecular weight excluding hydrogens is 367 g/mol. The molecule has 1 heterocycles. The smallest absolute Gasteiger partial charge is 0.423 e. The lowest BCUT2D eigenvalue weighted by molar-refractivity contribution is -0.274. The molecule has 2 aromatic carbocycles. The van der Waals surface area contributed by atoms with E-state index in [1.807, 2.05) is 0 Å². The molecule has 3 aromatic rings. The number of urea groups is 1. The lowest BCUT2D eigenvalue weighted by Gasteiger charge is -2.12. The van der Waals surface area contributed by atoms with Crippen molar-refractivity contribution < 1.29 is 27.1 Å². The van der Waals surface area contributed by atoms with Gasteiger partial charge in [-0.15, -0.1) is 13.2 Å². The number of hydrogen-bond donors (Lipinski definition) is 3. The van der Waals surface area contributed by atoms with Gasteiger partial charge in [-0.25, -0.2) is 9.59 Å². The summed E-state index contributed by atoms with van der Waals surface area (Å²) in [5, 5.41) is 3.18. The van der Waals surface area contributed by atoms with Crippen molar-refractivity contribution in [1.29, 1.82) is 0 Å². The first kappa shape index (κ1) is 18.1. The number of hydrazine groups is 1. The summed E-state index contributed by atoms with van der Waals surface area (Å²) < 4.78 is 45.0. The molecule has 3 N–H and O–H groups in total. The largest absolute Gasteiger partial charge is 0.573 e. The minimum atomic E-state index is -4.77. The summed E-state index contributed by atoms with van der Waals surface area (Å²) in [7, 11) is 0. The molecule has 0 spiro atoms. The summed E-state index contributed by atoms with van der Waals surface area (Å²) in [6.07, 6.45) is -4.77. The van der Waals surface area contributed by atoms with Crippen molar-refractivity contribution in [2.24, 2.45) is 0 Å². The van der Waals surface area contributed by atoms with Crippen LogP contribution in [0.4, 0.5) is 29.3 Å². The number of halogens is 3. The number of carbonyl (C=O) groups is 1. The second-order valence-electron chi connectivity index (χ2n) is 5.28. The molecule has 0 fully saturated rings. The van der Waals surface area contributed by atoms with Crippen molar-refractivity contribution in [3.05, 3.63) is 65.0 Å². The van der Waals surface area contributed by atoms with Gasteiger partial charge >= 0.3 is 18.0 Å². The van der Waals surface area contributed by atoms with E-state index in [4.69, 9.17) is 4.42 Å². The number of ether oxygens (including phenoxy) is 1. The number of hydrogen-bond acceptors (Lipinski definition) is 5. The van der Waals surface area contributed by atoms with Crippen molar-refractivity contribution in [2.45, 2.75) is 6.36 Å². The molecule has 10 heteroatoms. The van der Waals surface area contributed by atoms with Crippen LogP contribution in [0.2, 0.25) is 0 Å². The Bertz CT molecular complexity index is 1020. The van der Waals surface area contributed by atoms with Gasteiger partial charge in [0.1, 0.15) is 11.3 Å². The first-order chi connectivity index (χ1) is 12.8. The lowest BCUT2D eigenvalue weighted by atomic mass is 10.2. The third-order valence-electron chi connectivity index (χ3n) is 3.29. The van der Waals surface area contributed by atoms with Crippen LogP contribution in [0.25, 0.3) is 11.0 Å². The highest BCUT2D eigenvalue weighted by Crippen LogP contribution is 2.23. The predicted molar refractivity (Wildman–Crippen MR) is 91.4 cm³/mol. The number of benzene rings is 2. The Morgan fingerprint density at radius 2 is 1.67 bits per heavy atom. The molecule has 7 nitrogen and oxygen atoms in total. The van der Waals surface area contributed by atoms with Crippen LogP contribution < -0.4 is 26.5 Å². The molecule has 2 amide bonds. The number of anilines is 2. The van der Waals surface area contributed by atoms with E-state index in [1.165, 1.54) is 18.2 Å². The molecule has 0 unspecified atom stereocenters. The topological polar surface area (TPSA) is 92.6 Å². The van der Waals surface area contributed by atoms with Crippen LogP contribution in [-0.2, 0) is 0 Å². The molecule has 0 aliphatic carbocycles. The molecule has 0 aliphatic heterocycles. The summed E-state index contributed by atoms with van der Waals surface area (Å²) >= 11 is 0. The fourth-order valence-corrected chi connectivity index (χ4v) is 2.18. The van der Waals surface area contributed by atoms with Crippen LogP contribution in [0.1, 0.15) is 0 Å². The van der Waals surface area contributed by atoms with Crippen molar-refractivity contribution in [2.75, 3.05) is 10.7 Å². The van der Waals surface area contributed by atoms with Crippen molar-refractivity contribution in [1.82, 2.24) is 5.43 Å². The van der Waals surface area contributed by atoms with Gasteiger partial charge in [0.05, 0.1) is 5.69 Å². The van der Waals surface area contributed by atoms with E-state index in [0.29, 0.717) is 22.3 Å². The van der Waals surface area contributed by atoms with Gasteiger partial charge in [0.2, 0.25) is 0 Å². The number of rotatable bonds is 4. The van der Waals surface area contributed by atoms with Crippen LogP contribution >= 0.6 is 0 Å². The fraction of sp³-hybridized carbons (Fsp3) is 0.0588. The van der Waals surface area contributed by atoms with Crippen LogP contribution in [0, 0.1) is 0 Å². The van der Waals surface area contributed by atoms with Crippen molar-refractivity contribution >= 4 is 28.4 Å². The Kier molecular flexibility index (Phi) is 4.88. The molecule has 0 bridgehead atoms. The van der Waals surface area contributed by atoms with E-state index in [9.17, 15) is 22.8 Å². The molecule has 0 radical (unpaired) electrons. The Hall–Kier alpha value is -3.69. The second-order valence-corrected chi connectivity index (χ2v) is 5.28. The van der Waals surface area contributed by atoms with Gasteiger partial charge < -0.3 is 14.5 Å². The Balaban J connectivity index is 1.56. The molecule has 140 valence electrons. The molecular formula is C17H12F3N3O4. The SMILES string of the molecule is O=C(NNc1ccc(OC(F)(F)F)cc1)Nc1ccc2oc(=O)ccc2c1. The van der Waals surface area contributed by atoms with Gasteiger partial charge in [0.25, 0.3) is 0 Å².